The molecule has 27 heavy (non-hydrogen) atoms. The monoisotopic (exact) mass is 392 g/mol. The lowest BCUT2D eigenvalue weighted by atomic mass is 10.2. The van der Waals surface area contributed by atoms with Crippen molar-refractivity contribution in [2.75, 3.05) is 6.54 Å². The Balaban J connectivity index is 2.08. The van der Waals surface area contributed by atoms with Crippen molar-refractivity contribution in [2.45, 2.75) is 20.0 Å². The highest BCUT2D eigenvalue weighted by molar-refractivity contribution is 6.30. The maximum atomic E-state index is 12.1. The summed E-state index contributed by atoms with van der Waals surface area (Å²) < 4.78 is 10.6. The van der Waals surface area contributed by atoms with Gasteiger partial charge in [-0.3, -0.25) is 14.9 Å². The molecule has 1 amide bonds. The topological polar surface area (TPSA) is 108 Å². The number of nitrogens with one attached hydrogen (secondary N) is 1. The number of nitro benzene ring substituents is 1. The van der Waals surface area contributed by atoms with Crippen molar-refractivity contribution in [2.24, 2.45) is 0 Å². The van der Waals surface area contributed by atoms with Gasteiger partial charge in [-0.1, -0.05) is 11.6 Å². The predicted octanol–water partition coefficient (Wildman–Crippen LogP) is 3.72. The molecule has 1 atom stereocenters. The van der Waals surface area contributed by atoms with E-state index in [1.54, 1.807) is 6.92 Å². The molecule has 0 aromatic heterocycles. The first-order valence-electron chi connectivity index (χ1n) is 8.02. The number of carbonyl (C=O) groups excluding carboxylic acids is 2. The Morgan fingerprint density at radius 1 is 1.22 bits per heavy atom. The molecule has 9 heteroatoms. The summed E-state index contributed by atoms with van der Waals surface area (Å²) in [5.41, 5.74) is -0.0640. The molecule has 0 heterocycles. The Morgan fingerprint density at radius 3 is 2.48 bits per heavy atom. The summed E-state index contributed by atoms with van der Waals surface area (Å²) in [7, 11) is 0. The Hall–Kier alpha value is -3.13. The maximum Gasteiger partial charge on any atom is 0.338 e. The second kappa shape index (κ2) is 9.00. The molecule has 0 fully saturated rings. The highest BCUT2D eigenvalue weighted by atomic mass is 35.5. The fraction of sp³-hybridized carbons (Fsp3) is 0.222. The number of likely N-dealkylation sites (N-methyl/N-ethyl adjacent to an activating group) is 1. The molecular formula is C18H17ClN2O6. The summed E-state index contributed by atoms with van der Waals surface area (Å²) in [5, 5.41) is 13.9. The van der Waals surface area contributed by atoms with E-state index in [4.69, 9.17) is 21.1 Å². The molecule has 2 rings (SSSR count). The van der Waals surface area contributed by atoms with Gasteiger partial charge < -0.3 is 14.8 Å². The summed E-state index contributed by atoms with van der Waals surface area (Å²) >= 11 is 5.76. The van der Waals surface area contributed by atoms with Gasteiger partial charge in [0.05, 0.1) is 10.5 Å². The molecule has 0 aliphatic rings. The second-order valence-corrected chi connectivity index (χ2v) is 5.87. The van der Waals surface area contributed by atoms with Crippen LogP contribution in [-0.2, 0) is 9.53 Å². The Morgan fingerprint density at radius 2 is 1.89 bits per heavy atom. The average Bonchev–Trinajstić information content (AvgIpc) is 2.63. The van der Waals surface area contributed by atoms with E-state index < -0.39 is 17.0 Å². The van der Waals surface area contributed by atoms with Crippen LogP contribution in [0.15, 0.2) is 42.5 Å². The normalized spacial score (nSPS) is 11.4. The van der Waals surface area contributed by atoms with Crippen LogP contribution in [0.1, 0.15) is 24.2 Å². The first kappa shape index (κ1) is 20.2. The smallest absolute Gasteiger partial charge is 0.338 e. The molecule has 0 unspecified atom stereocenters. The van der Waals surface area contributed by atoms with Crippen LogP contribution in [0.3, 0.4) is 0 Å². The molecule has 0 saturated carbocycles. The van der Waals surface area contributed by atoms with E-state index in [0.29, 0.717) is 6.54 Å². The summed E-state index contributed by atoms with van der Waals surface area (Å²) in [5.74, 6) is -0.753. The number of benzene rings is 2. The van der Waals surface area contributed by atoms with E-state index in [1.165, 1.54) is 49.4 Å². The number of esters is 1. The molecule has 0 spiro atoms. The zero-order valence-electron chi connectivity index (χ0n) is 14.6. The number of hydrogen-bond donors (Lipinski definition) is 1. The van der Waals surface area contributed by atoms with Crippen molar-refractivity contribution in [3.05, 3.63) is 63.2 Å². The van der Waals surface area contributed by atoms with Crippen LogP contribution in [0.4, 0.5) is 5.69 Å². The molecule has 0 aliphatic carbocycles. The lowest BCUT2D eigenvalue weighted by Crippen LogP contribution is -2.35. The van der Waals surface area contributed by atoms with Gasteiger partial charge in [-0.05, 0) is 50.2 Å². The molecule has 0 radical (unpaired) electrons. The van der Waals surface area contributed by atoms with E-state index >= 15 is 0 Å². The molecule has 8 nitrogen and oxygen atoms in total. The number of nitro groups is 1. The SMILES string of the molecule is CCNC(=O)[C@H](C)OC(=O)c1ccc(Oc2ccc(Cl)cc2[N+](=O)[O-])cc1. The number of amides is 1. The first-order valence-corrected chi connectivity index (χ1v) is 8.40. The van der Waals surface area contributed by atoms with Crippen molar-refractivity contribution in [1.82, 2.24) is 5.32 Å². The fourth-order valence-corrected chi connectivity index (χ4v) is 2.27. The van der Waals surface area contributed by atoms with Gasteiger partial charge in [0.25, 0.3) is 5.91 Å². The van der Waals surface area contributed by atoms with Crippen molar-refractivity contribution in [3.63, 3.8) is 0 Å². The van der Waals surface area contributed by atoms with Gasteiger partial charge >= 0.3 is 11.7 Å². The molecule has 0 aliphatic heterocycles. The van der Waals surface area contributed by atoms with Crippen molar-refractivity contribution >= 4 is 29.2 Å². The number of rotatable bonds is 7. The number of nitrogens with zero attached hydrogens (tertiary/aromatic N) is 1. The van der Waals surface area contributed by atoms with Crippen molar-refractivity contribution < 1.29 is 24.0 Å². The van der Waals surface area contributed by atoms with Gasteiger partial charge in [-0.15, -0.1) is 0 Å². The number of hydrogen-bond acceptors (Lipinski definition) is 6. The number of halogens is 1. The largest absolute Gasteiger partial charge is 0.450 e. The third kappa shape index (κ3) is 5.42. The molecule has 142 valence electrons. The average molecular weight is 393 g/mol. The molecule has 1 N–H and O–H groups in total. The molecule has 2 aromatic carbocycles. The Kier molecular flexibility index (Phi) is 6.73. The lowest BCUT2D eigenvalue weighted by Gasteiger charge is -2.13. The van der Waals surface area contributed by atoms with E-state index in [2.05, 4.69) is 5.32 Å². The van der Waals surface area contributed by atoms with Crippen LogP contribution >= 0.6 is 11.6 Å². The van der Waals surface area contributed by atoms with Crippen LogP contribution < -0.4 is 10.1 Å². The van der Waals surface area contributed by atoms with Crippen LogP contribution in [-0.4, -0.2) is 29.4 Å². The first-order chi connectivity index (χ1) is 12.8. The predicted molar refractivity (Wildman–Crippen MR) is 98.2 cm³/mol. The lowest BCUT2D eigenvalue weighted by molar-refractivity contribution is -0.385. The zero-order valence-corrected chi connectivity index (χ0v) is 15.4. The standard InChI is InChI=1S/C18H17ClN2O6/c1-3-20-17(22)11(2)26-18(23)12-4-7-14(8-5-12)27-16-9-6-13(19)10-15(16)21(24)25/h4-11H,3H2,1-2H3,(H,20,22)/t11-/m0/s1. The number of carbonyl (C=O) groups is 2. The van der Waals surface area contributed by atoms with E-state index in [1.807, 2.05) is 0 Å². The van der Waals surface area contributed by atoms with Crippen LogP contribution in [0.2, 0.25) is 5.02 Å². The second-order valence-electron chi connectivity index (χ2n) is 5.44. The quantitative estimate of drug-likeness (QED) is 0.437. The van der Waals surface area contributed by atoms with Gasteiger partial charge in [-0.25, -0.2) is 4.79 Å². The van der Waals surface area contributed by atoms with Gasteiger partial charge in [0, 0.05) is 17.6 Å². The summed E-state index contributed by atoms with van der Waals surface area (Å²) in [6.07, 6.45) is -0.926. The van der Waals surface area contributed by atoms with E-state index in [9.17, 15) is 19.7 Å². The minimum atomic E-state index is -0.926. The molecular weight excluding hydrogens is 376 g/mol. The zero-order chi connectivity index (χ0) is 20.0. The van der Waals surface area contributed by atoms with Crippen LogP contribution in [0, 0.1) is 10.1 Å². The van der Waals surface area contributed by atoms with Gasteiger partial charge in [0.2, 0.25) is 5.75 Å². The van der Waals surface area contributed by atoms with Crippen LogP contribution in [0.25, 0.3) is 0 Å². The Labute approximate surface area is 160 Å². The summed E-state index contributed by atoms with van der Waals surface area (Å²) in [6.45, 7) is 3.67. The van der Waals surface area contributed by atoms with Crippen LogP contribution in [0.5, 0.6) is 11.5 Å². The summed E-state index contributed by atoms with van der Waals surface area (Å²) in [6, 6.07) is 9.84. The highest BCUT2D eigenvalue weighted by Gasteiger charge is 2.19. The minimum absolute atomic E-state index is 0.0181. The minimum Gasteiger partial charge on any atom is -0.450 e. The molecule has 2 aromatic rings. The molecule has 0 bridgehead atoms. The maximum absolute atomic E-state index is 12.1. The fourth-order valence-electron chi connectivity index (χ4n) is 2.11. The van der Waals surface area contributed by atoms with Crippen molar-refractivity contribution in [1.29, 1.82) is 0 Å². The Bertz CT molecular complexity index is 853. The third-order valence-electron chi connectivity index (χ3n) is 3.44. The number of ether oxygens (including phenoxy) is 2. The highest BCUT2D eigenvalue weighted by Crippen LogP contribution is 2.33. The van der Waals surface area contributed by atoms with Gasteiger partial charge in [0.15, 0.2) is 6.10 Å². The van der Waals surface area contributed by atoms with Gasteiger partial charge in [-0.2, -0.15) is 0 Å². The van der Waals surface area contributed by atoms with Crippen molar-refractivity contribution in [3.8, 4) is 11.5 Å². The van der Waals surface area contributed by atoms with E-state index in [0.717, 1.165) is 0 Å². The third-order valence-corrected chi connectivity index (χ3v) is 3.67. The van der Waals surface area contributed by atoms with Gasteiger partial charge in [0.1, 0.15) is 5.75 Å². The molecule has 0 saturated heterocycles. The van der Waals surface area contributed by atoms with E-state index in [-0.39, 0.29) is 33.7 Å². The summed E-state index contributed by atoms with van der Waals surface area (Å²) in [4.78, 5) is 34.2.